The number of carbonyl (C=O) groups is 1. The summed E-state index contributed by atoms with van der Waals surface area (Å²) < 4.78 is 6.19. The van der Waals surface area contributed by atoms with Gasteiger partial charge in [-0.1, -0.05) is 41.9 Å². The van der Waals surface area contributed by atoms with Crippen molar-refractivity contribution in [1.82, 2.24) is 14.8 Å². The van der Waals surface area contributed by atoms with Gasteiger partial charge in [0.2, 0.25) is 0 Å². The van der Waals surface area contributed by atoms with Crippen LogP contribution in [0.3, 0.4) is 0 Å². The number of esters is 1. The molecule has 0 fully saturated rings. The predicted octanol–water partition coefficient (Wildman–Crippen LogP) is 2.94. The molecule has 0 radical (unpaired) electrons. The zero-order chi connectivity index (χ0) is 20.5. The molecule has 1 N–H and O–H groups in total. The number of pyridine rings is 1. The summed E-state index contributed by atoms with van der Waals surface area (Å²) in [5, 5.41) is 4.25. The number of fused-ring (bicyclic) bond motifs is 2. The summed E-state index contributed by atoms with van der Waals surface area (Å²) in [6.07, 6.45) is 0. The molecule has 0 aliphatic heterocycles. The fourth-order valence-electron chi connectivity index (χ4n) is 3.19. The maximum atomic E-state index is 12.5. The number of hydrogen-bond donors (Lipinski definition) is 1. The first kappa shape index (κ1) is 18.9. The SMILES string of the molecule is Cc1c(Cl)c(COC(=O)Cn2[nH]c(=O)c3ccccc3c2=O)nc2ccccc12. The van der Waals surface area contributed by atoms with Crippen LogP contribution in [0.15, 0.2) is 58.1 Å². The fourth-order valence-corrected chi connectivity index (χ4v) is 3.39. The molecule has 29 heavy (non-hydrogen) atoms. The number of ether oxygens (including phenoxy) is 1. The average molecular weight is 410 g/mol. The first-order chi connectivity index (χ1) is 14.0. The molecule has 0 atom stereocenters. The van der Waals surface area contributed by atoms with E-state index in [-0.39, 0.29) is 17.4 Å². The van der Waals surface area contributed by atoms with Crippen LogP contribution in [0.5, 0.6) is 0 Å². The van der Waals surface area contributed by atoms with Crippen LogP contribution in [0.4, 0.5) is 0 Å². The molecule has 0 amide bonds. The summed E-state index contributed by atoms with van der Waals surface area (Å²) in [6, 6.07) is 13.9. The molecule has 0 spiro atoms. The summed E-state index contributed by atoms with van der Waals surface area (Å²) in [6.45, 7) is 1.30. The van der Waals surface area contributed by atoms with Crippen LogP contribution in [0.1, 0.15) is 11.3 Å². The number of aromatic nitrogens is 3. The zero-order valence-corrected chi connectivity index (χ0v) is 16.2. The van der Waals surface area contributed by atoms with Gasteiger partial charge in [0.05, 0.1) is 27.0 Å². The van der Waals surface area contributed by atoms with Gasteiger partial charge < -0.3 is 4.74 Å². The van der Waals surface area contributed by atoms with Gasteiger partial charge in [0.25, 0.3) is 11.1 Å². The van der Waals surface area contributed by atoms with E-state index in [1.165, 1.54) is 6.07 Å². The average Bonchev–Trinajstić information content (AvgIpc) is 2.73. The van der Waals surface area contributed by atoms with Gasteiger partial charge in [0.15, 0.2) is 0 Å². The molecule has 0 unspecified atom stereocenters. The lowest BCUT2D eigenvalue weighted by atomic mass is 10.1. The molecule has 2 aromatic carbocycles. The second-order valence-electron chi connectivity index (χ2n) is 6.55. The van der Waals surface area contributed by atoms with Crippen molar-refractivity contribution in [3.8, 4) is 0 Å². The van der Waals surface area contributed by atoms with E-state index in [1.807, 2.05) is 31.2 Å². The smallest absolute Gasteiger partial charge is 0.328 e. The number of para-hydroxylation sites is 1. The van der Waals surface area contributed by atoms with Crippen molar-refractivity contribution in [3.63, 3.8) is 0 Å². The third-order valence-corrected chi connectivity index (χ3v) is 5.19. The number of benzene rings is 2. The quantitative estimate of drug-likeness (QED) is 0.523. The highest BCUT2D eigenvalue weighted by Crippen LogP contribution is 2.27. The summed E-state index contributed by atoms with van der Waals surface area (Å²) >= 11 is 6.37. The number of carbonyl (C=O) groups excluding carboxylic acids is 1. The lowest BCUT2D eigenvalue weighted by Crippen LogP contribution is -2.32. The lowest BCUT2D eigenvalue weighted by Gasteiger charge is -2.11. The van der Waals surface area contributed by atoms with Gasteiger partial charge in [0, 0.05) is 5.39 Å². The van der Waals surface area contributed by atoms with Crippen molar-refractivity contribution in [2.75, 3.05) is 0 Å². The molecule has 0 aliphatic rings. The van der Waals surface area contributed by atoms with E-state index in [0.29, 0.717) is 10.7 Å². The van der Waals surface area contributed by atoms with Gasteiger partial charge in [-0.3, -0.25) is 19.5 Å². The maximum absolute atomic E-state index is 12.5. The van der Waals surface area contributed by atoms with Crippen LogP contribution < -0.4 is 11.1 Å². The zero-order valence-electron chi connectivity index (χ0n) is 15.4. The van der Waals surface area contributed by atoms with E-state index in [1.54, 1.807) is 18.2 Å². The van der Waals surface area contributed by atoms with Crippen molar-refractivity contribution >= 4 is 39.2 Å². The maximum Gasteiger partial charge on any atom is 0.328 e. The molecule has 8 heteroatoms. The normalized spacial score (nSPS) is 11.1. The van der Waals surface area contributed by atoms with E-state index < -0.39 is 23.6 Å². The molecule has 0 saturated heterocycles. The number of hydrogen-bond acceptors (Lipinski definition) is 5. The number of aromatic amines is 1. The van der Waals surface area contributed by atoms with Crippen molar-refractivity contribution in [2.24, 2.45) is 0 Å². The minimum absolute atomic E-state index is 0.143. The Morgan fingerprint density at radius 2 is 1.72 bits per heavy atom. The number of nitrogens with one attached hydrogen (secondary N) is 1. The molecule has 4 rings (SSSR count). The van der Waals surface area contributed by atoms with Crippen LogP contribution in [0, 0.1) is 6.92 Å². The van der Waals surface area contributed by atoms with Gasteiger partial charge in [-0.2, -0.15) is 0 Å². The number of halogens is 1. The highest BCUT2D eigenvalue weighted by Gasteiger charge is 2.14. The first-order valence-electron chi connectivity index (χ1n) is 8.87. The molecular weight excluding hydrogens is 394 g/mol. The number of H-pyrrole nitrogens is 1. The summed E-state index contributed by atoms with van der Waals surface area (Å²) in [7, 11) is 0. The molecule has 7 nitrogen and oxygen atoms in total. The highest BCUT2D eigenvalue weighted by atomic mass is 35.5. The first-order valence-corrected chi connectivity index (χ1v) is 9.24. The minimum atomic E-state index is -0.693. The third-order valence-electron chi connectivity index (χ3n) is 4.69. The van der Waals surface area contributed by atoms with Crippen molar-refractivity contribution in [3.05, 3.63) is 85.5 Å². The molecule has 0 aliphatic carbocycles. The monoisotopic (exact) mass is 409 g/mol. The van der Waals surface area contributed by atoms with Crippen molar-refractivity contribution in [1.29, 1.82) is 0 Å². The number of rotatable bonds is 4. The minimum Gasteiger partial charge on any atom is -0.458 e. The summed E-state index contributed by atoms with van der Waals surface area (Å²) in [4.78, 5) is 41.3. The third kappa shape index (κ3) is 3.52. The Morgan fingerprint density at radius 1 is 1.07 bits per heavy atom. The fraction of sp³-hybridized carbons (Fsp3) is 0.143. The summed E-state index contributed by atoms with van der Waals surface area (Å²) in [5.74, 6) is -0.693. The molecular formula is C21H16ClN3O4. The van der Waals surface area contributed by atoms with Crippen LogP contribution in [-0.4, -0.2) is 20.7 Å². The topological polar surface area (TPSA) is 94.0 Å². The van der Waals surface area contributed by atoms with E-state index >= 15 is 0 Å². The second kappa shape index (κ2) is 7.52. The number of nitrogens with zero attached hydrogens (tertiary/aromatic N) is 2. The van der Waals surface area contributed by atoms with E-state index in [2.05, 4.69) is 10.1 Å². The van der Waals surface area contributed by atoms with Gasteiger partial charge in [-0.05, 0) is 30.7 Å². The molecule has 4 aromatic rings. The van der Waals surface area contributed by atoms with Crippen LogP contribution in [-0.2, 0) is 22.7 Å². The molecule has 2 heterocycles. The van der Waals surface area contributed by atoms with E-state index in [9.17, 15) is 14.4 Å². The number of aryl methyl sites for hydroxylation is 1. The van der Waals surface area contributed by atoms with E-state index in [0.717, 1.165) is 21.1 Å². The lowest BCUT2D eigenvalue weighted by molar-refractivity contribution is -0.146. The Morgan fingerprint density at radius 3 is 2.48 bits per heavy atom. The van der Waals surface area contributed by atoms with Crippen molar-refractivity contribution in [2.45, 2.75) is 20.1 Å². The predicted molar refractivity (Wildman–Crippen MR) is 110 cm³/mol. The van der Waals surface area contributed by atoms with Crippen molar-refractivity contribution < 1.29 is 9.53 Å². The van der Waals surface area contributed by atoms with Gasteiger partial charge >= 0.3 is 5.97 Å². The summed E-state index contributed by atoms with van der Waals surface area (Å²) in [5.41, 5.74) is 1.09. The Balaban J connectivity index is 1.56. The standard InChI is InChI=1S/C21H16ClN3O4/c1-12-13-6-4-5-9-16(13)23-17(19(12)22)11-29-18(26)10-25-21(28)15-8-3-2-7-14(15)20(27)24-25/h2-9H,10-11H2,1H3,(H,24,27). The Labute approximate surface area is 169 Å². The molecule has 0 saturated carbocycles. The second-order valence-corrected chi connectivity index (χ2v) is 6.93. The Bertz CT molecular complexity index is 1370. The molecule has 2 aromatic heterocycles. The van der Waals surface area contributed by atoms with Gasteiger partial charge in [0.1, 0.15) is 13.2 Å². The van der Waals surface area contributed by atoms with Crippen LogP contribution in [0.2, 0.25) is 5.02 Å². The highest BCUT2D eigenvalue weighted by molar-refractivity contribution is 6.32. The van der Waals surface area contributed by atoms with Gasteiger partial charge in [-0.15, -0.1) is 0 Å². The van der Waals surface area contributed by atoms with E-state index in [4.69, 9.17) is 16.3 Å². The largest absolute Gasteiger partial charge is 0.458 e. The van der Waals surface area contributed by atoms with Gasteiger partial charge in [-0.25, -0.2) is 9.67 Å². The molecule has 0 bridgehead atoms. The van der Waals surface area contributed by atoms with Crippen LogP contribution >= 0.6 is 11.6 Å². The molecule has 146 valence electrons. The van der Waals surface area contributed by atoms with Crippen LogP contribution in [0.25, 0.3) is 21.7 Å². The Kier molecular flexibility index (Phi) is 4.90. The Hall–Kier alpha value is -3.45.